The van der Waals surface area contributed by atoms with Gasteiger partial charge in [0, 0.05) is 21.2 Å². The molecule has 1 aliphatic heterocycles. The Balaban J connectivity index is 1.57. The molecule has 0 spiro atoms. The van der Waals surface area contributed by atoms with Crippen LogP contribution in [0.2, 0.25) is 0 Å². The van der Waals surface area contributed by atoms with Gasteiger partial charge in [0.15, 0.2) is 0 Å². The molecule has 2 unspecified atom stereocenters. The van der Waals surface area contributed by atoms with Crippen molar-refractivity contribution in [3.63, 3.8) is 0 Å². The van der Waals surface area contributed by atoms with E-state index in [0.717, 1.165) is 5.75 Å². The molecule has 21 heavy (non-hydrogen) atoms. The second kappa shape index (κ2) is 5.17. The molecule has 2 atom stereocenters. The van der Waals surface area contributed by atoms with Gasteiger partial charge in [0.1, 0.15) is 12.4 Å². The number of rotatable bonds is 3. The summed E-state index contributed by atoms with van der Waals surface area (Å²) in [7, 11) is 0. The molecule has 0 aliphatic carbocycles. The Kier molecular flexibility index (Phi) is 3.17. The maximum absolute atomic E-state index is 5.75. The molecule has 0 saturated carbocycles. The summed E-state index contributed by atoms with van der Waals surface area (Å²) in [6.07, 6.45) is 0. The van der Waals surface area contributed by atoms with Crippen LogP contribution in [0.15, 0.2) is 54.6 Å². The number of benzene rings is 2. The van der Waals surface area contributed by atoms with Gasteiger partial charge in [-0.15, -0.1) is 11.3 Å². The third kappa shape index (κ3) is 2.33. The first-order chi connectivity index (χ1) is 10.3. The summed E-state index contributed by atoms with van der Waals surface area (Å²) in [5.41, 5.74) is 1.27. The van der Waals surface area contributed by atoms with Gasteiger partial charge in [-0.1, -0.05) is 36.4 Å². The maximum Gasteiger partial charge on any atom is 0.124 e. The molecule has 0 amide bonds. The lowest BCUT2D eigenvalue weighted by Gasteiger charge is -2.17. The predicted octanol–water partition coefficient (Wildman–Crippen LogP) is 4.69. The van der Waals surface area contributed by atoms with E-state index in [1.165, 1.54) is 20.5 Å². The largest absolute Gasteiger partial charge is 0.491 e. The Bertz CT molecular complexity index is 746. The number of hydrogen-bond donors (Lipinski definition) is 1. The standard InChI is InChI=1S/C18H17NOS/c1-12(18-10-13-6-2-5-9-17(13)21-18)19-15-11-20-16-8-4-3-7-14(15)16/h2-10,12,15,19H,11H2,1H3. The van der Waals surface area contributed by atoms with Crippen molar-refractivity contribution in [2.24, 2.45) is 0 Å². The van der Waals surface area contributed by atoms with Crippen molar-refractivity contribution in [2.45, 2.75) is 19.0 Å². The highest BCUT2D eigenvalue weighted by atomic mass is 32.1. The van der Waals surface area contributed by atoms with Crippen molar-refractivity contribution in [2.75, 3.05) is 6.61 Å². The van der Waals surface area contributed by atoms with E-state index in [9.17, 15) is 0 Å². The molecule has 1 aliphatic rings. The van der Waals surface area contributed by atoms with E-state index >= 15 is 0 Å². The normalized spacial score (nSPS) is 18.4. The van der Waals surface area contributed by atoms with E-state index in [1.807, 2.05) is 23.5 Å². The molecule has 2 nitrogen and oxygen atoms in total. The Morgan fingerprint density at radius 1 is 1.14 bits per heavy atom. The fraction of sp³-hybridized carbons (Fsp3) is 0.222. The zero-order chi connectivity index (χ0) is 14.2. The van der Waals surface area contributed by atoms with Crippen LogP contribution in [0.5, 0.6) is 5.75 Å². The highest BCUT2D eigenvalue weighted by molar-refractivity contribution is 7.19. The number of hydrogen-bond acceptors (Lipinski definition) is 3. The van der Waals surface area contributed by atoms with Crippen LogP contribution in [0, 0.1) is 0 Å². The quantitative estimate of drug-likeness (QED) is 0.757. The van der Waals surface area contributed by atoms with Crippen LogP contribution in [0.3, 0.4) is 0 Å². The number of nitrogens with one attached hydrogen (secondary N) is 1. The Morgan fingerprint density at radius 2 is 1.95 bits per heavy atom. The third-order valence-corrected chi connectivity index (χ3v) is 5.32. The van der Waals surface area contributed by atoms with Crippen molar-refractivity contribution >= 4 is 21.4 Å². The third-order valence-electron chi connectivity index (χ3n) is 4.02. The fourth-order valence-electron chi connectivity index (χ4n) is 2.90. The van der Waals surface area contributed by atoms with Gasteiger partial charge in [-0.05, 0) is 30.5 Å². The van der Waals surface area contributed by atoms with Crippen LogP contribution in [-0.4, -0.2) is 6.61 Å². The number of ether oxygens (including phenoxy) is 1. The first-order valence-corrected chi connectivity index (χ1v) is 8.09. The molecule has 106 valence electrons. The van der Waals surface area contributed by atoms with E-state index in [2.05, 4.69) is 54.7 Å². The average Bonchev–Trinajstić information content (AvgIpc) is 3.11. The Morgan fingerprint density at radius 3 is 2.86 bits per heavy atom. The highest BCUT2D eigenvalue weighted by Crippen LogP contribution is 2.35. The van der Waals surface area contributed by atoms with Crippen LogP contribution < -0.4 is 10.1 Å². The van der Waals surface area contributed by atoms with Crippen LogP contribution in [0.25, 0.3) is 10.1 Å². The number of para-hydroxylation sites is 1. The molecule has 1 aromatic heterocycles. The molecular formula is C18H17NOS. The van der Waals surface area contributed by atoms with E-state index in [0.29, 0.717) is 12.6 Å². The summed E-state index contributed by atoms with van der Waals surface area (Å²) in [5, 5.41) is 5.03. The lowest BCUT2D eigenvalue weighted by Crippen LogP contribution is -2.25. The zero-order valence-corrected chi connectivity index (χ0v) is 12.7. The van der Waals surface area contributed by atoms with Gasteiger partial charge in [-0.3, -0.25) is 5.32 Å². The molecule has 3 heteroatoms. The van der Waals surface area contributed by atoms with Crippen LogP contribution in [0.1, 0.15) is 29.4 Å². The monoisotopic (exact) mass is 295 g/mol. The van der Waals surface area contributed by atoms with E-state index in [-0.39, 0.29) is 6.04 Å². The first kappa shape index (κ1) is 12.9. The highest BCUT2D eigenvalue weighted by Gasteiger charge is 2.25. The molecule has 1 N–H and O–H groups in total. The molecule has 0 radical (unpaired) electrons. The van der Waals surface area contributed by atoms with Crippen molar-refractivity contribution < 1.29 is 4.74 Å². The minimum Gasteiger partial charge on any atom is -0.491 e. The smallest absolute Gasteiger partial charge is 0.124 e. The average molecular weight is 295 g/mol. The summed E-state index contributed by atoms with van der Waals surface area (Å²) in [6, 6.07) is 19.7. The zero-order valence-electron chi connectivity index (χ0n) is 11.9. The van der Waals surface area contributed by atoms with Crippen molar-refractivity contribution in [3.05, 3.63) is 65.0 Å². The second-order valence-electron chi connectivity index (χ2n) is 5.48. The summed E-state index contributed by atoms with van der Waals surface area (Å²) >= 11 is 1.87. The molecule has 0 saturated heterocycles. The molecule has 2 heterocycles. The Hall–Kier alpha value is -1.84. The van der Waals surface area contributed by atoms with Crippen molar-refractivity contribution in [3.8, 4) is 5.75 Å². The molecule has 2 aromatic carbocycles. The van der Waals surface area contributed by atoms with Gasteiger partial charge in [-0.25, -0.2) is 0 Å². The number of fused-ring (bicyclic) bond motifs is 2. The fourth-order valence-corrected chi connectivity index (χ4v) is 3.98. The van der Waals surface area contributed by atoms with Crippen LogP contribution in [-0.2, 0) is 0 Å². The van der Waals surface area contributed by atoms with Crippen molar-refractivity contribution in [1.29, 1.82) is 0 Å². The summed E-state index contributed by atoms with van der Waals surface area (Å²) < 4.78 is 7.10. The van der Waals surface area contributed by atoms with Gasteiger partial charge in [-0.2, -0.15) is 0 Å². The van der Waals surface area contributed by atoms with Gasteiger partial charge >= 0.3 is 0 Å². The topological polar surface area (TPSA) is 21.3 Å². The van der Waals surface area contributed by atoms with Crippen LogP contribution in [0.4, 0.5) is 0 Å². The summed E-state index contributed by atoms with van der Waals surface area (Å²) in [5.74, 6) is 1.01. The predicted molar refractivity (Wildman–Crippen MR) is 88.1 cm³/mol. The number of thiophene rings is 1. The lowest BCUT2D eigenvalue weighted by molar-refractivity contribution is 0.301. The van der Waals surface area contributed by atoms with E-state index in [4.69, 9.17) is 4.74 Å². The van der Waals surface area contributed by atoms with Gasteiger partial charge in [0.05, 0.1) is 6.04 Å². The Labute approximate surface area is 128 Å². The van der Waals surface area contributed by atoms with Gasteiger partial charge in [0.25, 0.3) is 0 Å². The molecule has 0 fully saturated rings. The van der Waals surface area contributed by atoms with E-state index < -0.39 is 0 Å². The van der Waals surface area contributed by atoms with Crippen molar-refractivity contribution in [1.82, 2.24) is 5.32 Å². The second-order valence-corrected chi connectivity index (χ2v) is 6.59. The minimum absolute atomic E-state index is 0.279. The summed E-state index contributed by atoms with van der Waals surface area (Å²) in [6.45, 7) is 2.94. The SMILES string of the molecule is CC(NC1COc2ccccc21)c1cc2ccccc2s1. The lowest BCUT2D eigenvalue weighted by atomic mass is 10.1. The summed E-state index contributed by atoms with van der Waals surface area (Å²) in [4.78, 5) is 1.38. The van der Waals surface area contributed by atoms with Gasteiger partial charge < -0.3 is 4.74 Å². The first-order valence-electron chi connectivity index (χ1n) is 7.27. The van der Waals surface area contributed by atoms with Crippen LogP contribution >= 0.6 is 11.3 Å². The minimum atomic E-state index is 0.279. The van der Waals surface area contributed by atoms with Gasteiger partial charge in [0.2, 0.25) is 0 Å². The molecule has 4 rings (SSSR count). The maximum atomic E-state index is 5.75. The molecular weight excluding hydrogens is 278 g/mol. The molecule has 3 aromatic rings. The molecule has 0 bridgehead atoms. The van der Waals surface area contributed by atoms with E-state index in [1.54, 1.807) is 0 Å².